The Labute approximate surface area is 205 Å². The molecule has 0 unspecified atom stereocenters. The molecule has 0 aliphatic rings. The fraction of sp³-hybridized carbons (Fsp3) is 0.115. The molecule has 1 aromatic heterocycles. The molecule has 0 saturated carbocycles. The first kappa shape index (κ1) is 24.0. The van der Waals surface area contributed by atoms with Crippen molar-refractivity contribution < 1.29 is 23.5 Å². The lowest BCUT2D eigenvalue weighted by atomic mass is 10.1. The highest BCUT2D eigenvalue weighted by molar-refractivity contribution is 6.30. The van der Waals surface area contributed by atoms with Crippen molar-refractivity contribution in [2.24, 2.45) is 0 Å². The van der Waals surface area contributed by atoms with E-state index in [9.17, 15) is 14.0 Å². The maximum atomic E-state index is 13.4. The zero-order chi connectivity index (χ0) is 24.8. The van der Waals surface area contributed by atoms with Crippen LogP contribution in [0.4, 0.5) is 20.6 Å². The second-order valence-corrected chi connectivity index (χ2v) is 7.86. The Hall–Kier alpha value is -4.17. The molecule has 0 bridgehead atoms. The van der Waals surface area contributed by atoms with Gasteiger partial charge in [0, 0.05) is 33.4 Å². The number of carbonyl (C=O) groups excluding carboxylic acids is 2. The van der Waals surface area contributed by atoms with E-state index in [1.807, 2.05) is 0 Å². The Balaban J connectivity index is 1.64. The number of hydrogen-bond donors (Lipinski definition) is 2. The lowest BCUT2D eigenvalue weighted by Crippen LogP contribution is -2.19. The van der Waals surface area contributed by atoms with E-state index in [4.69, 9.17) is 21.1 Å². The van der Waals surface area contributed by atoms with Gasteiger partial charge in [-0.15, -0.1) is 0 Å². The fourth-order valence-electron chi connectivity index (χ4n) is 3.36. The van der Waals surface area contributed by atoms with Crippen LogP contribution in [0.3, 0.4) is 0 Å². The zero-order valence-electron chi connectivity index (χ0n) is 18.7. The van der Waals surface area contributed by atoms with Crippen molar-refractivity contribution in [1.82, 2.24) is 4.98 Å². The minimum absolute atomic E-state index is 0.232. The number of pyridine rings is 1. The number of urea groups is 1. The third-order valence-electron chi connectivity index (χ3n) is 4.90. The third kappa shape index (κ3) is 6.24. The van der Waals surface area contributed by atoms with Gasteiger partial charge < -0.3 is 20.1 Å². The van der Waals surface area contributed by atoms with Gasteiger partial charge in [-0.05, 0) is 67.6 Å². The van der Waals surface area contributed by atoms with Gasteiger partial charge in [-0.25, -0.2) is 19.0 Å². The summed E-state index contributed by atoms with van der Waals surface area (Å²) in [5.74, 6) is -0.516. The molecule has 2 amide bonds. The molecule has 35 heavy (non-hydrogen) atoms. The summed E-state index contributed by atoms with van der Waals surface area (Å²) in [5, 5.41) is 6.54. The first-order valence-corrected chi connectivity index (χ1v) is 11.1. The Morgan fingerprint density at radius 2 is 1.71 bits per heavy atom. The molecular weight excluding hydrogens is 473 g/mol. The Bertz CT molecular complexity index is 1380. The molecule has 9 heteroatoms. The molecule has 2 N–H and O–H groups in total. The summed E-state index contributed by atoms with van der Waals surface area (Å²) < 4.78 is 24.1. The van der Waals surface area contributed by atoms with Crippen LogP contribution in [0.15, 0.2) is 72.8 Å². The van der Waals surface area contributed by atoms with Crippen LogP contribution in [-0.4, -0.2) is 30.2 Å². The molecular formula is C26H21ClFN3O4. The van der Waals surface area contributed by atoms with E-state index in [2.05, 4.69) is 15.6 Å². The highest BCUT2D eigenvalue weighted by Gasteiger charge is 2.13. The number of nitrogens with one attached hydrogen (secondary N) is 2. The average Bonchev–Trinajstić information content (AvgIpc) is 2.83. The van der Waals surface area contributed by atoms with Crippen molar-refractivity contribution in [3.8, 4) is 17.0 Å². The minimum atomic E-state index is -0.518. The van der Waals surface area contributed by atoms with Crippen LogP contribution in [0, 0.1) is 5.82 Å². The molecule has 1 heterocycles. The largest absolute Gasteiger partial charge is 0.481 e. The van der Waals surface area contributed by atoms with Gasteiger partial charge in [-0.3, -0.25) is 0 Å². The molecule has 0 saturated heterocycles. The highest BCUT2D eigenvalue weighted by Crippen LogP contribution is 2.32. The standard InChI is InChI=1S/C26H21ClFN3O4/c1-2-34-25(32)15-35-24-14-23(16-6-8-18(28)9-7-16)31-22-11-10-20(13-21(22)24)30-26(33)29-19-5-3-4-17(27)12-19/h3-14H,2,15H2,1H3,(H2,29,30,33). The second kappa shape index (κ2) is 10.8. The van der Waals surface area contributed by atoms with Crippen LogP contribution in [0.25, 0.3) is 22.2 Å². The summed E-state index contributed by atoms with van der Waals surface area (Å²) in [5.41, 5.74) is 2.80. The van der Waals surface area contributed by atoms with Crippen molar-refractivity contribution >= 4 is 45.9 Å². The Kier molecular flexibility index (Phi) is 7.42. The SMILES string of the molecule is CCOC(=O)COc1cc(-c2ccc(F)cc2)nc2ccc(NC(=O)Nc3cccc(Cl)c3)cc12. The van der Waals surface area contributed by atoms with Gasteiger partial charge >= 0.3 is 12.0 Å². The number of anilines is 2. The number of carbonyl (C=O) groups is 2. The quantitative estimate of drug-likeness (QED) is 0.296. The van der Waals surface area contributed by atoms with Crippen molar-refractivity contribution in [2.75, 3.05) is 23.8 Å². The van der Waals surface area contributed by atoms with Gasteiger partial charge in [-0.1, -0.05) is 17.7 Å². The zero-order valence-corrected chi connectivity index (χ0v) is 19.4. The summed E-state index contributed by atoms with van der Waals surface area (Å²) in [7, 11) is 0. The van der Waals surface area contributed by atoms with Crippen molar-refractivity contribution in [1.29, 1.82) is 0 Å². The number of hydrogen-bond acceptors (Lipinski definition) is 5. The topological polar surface area (TPSA) is 89.6 Å². The summed E-state index contributed by atoms with van der Waals surface area (Å²) >= 11 is 5.96. The number of halogens is 2. The minimum Gasteiger partial charge on any atom is -0.481 e. The van der Waals surface area contributed by atoms with E-state index in [1.54, 1.807) is 67.6 Å². The highest BCUT2D eigenvalue weighted by atomic mass is 35.5. The van der Waals surface area contributed by atoms with Gasteiger partial charge in [0.25, 0.3) is 0 Å². The number of esters is 1. The summed E-state index contributed by atoms with van der Waals surface area (Å²) in [6, 6.07) is 19.0. The first-order chi connectivity index (χ1) is 16.9. The van der Waals surface area contributed by atoms with Crippen LogP contribution in [0.2, 0.25) is 5.02 Å². The van der Waals surface area contributed by atoms with E-state index < -0.39 is 12.0 Å². The third-order valence-corrected chi connectivity index (χ3v) is 5.14. The van der Waals surface area contributed by atoms with E-state index in [0.717, 1.165) is 0 Å². The lowest BCUT2D eigenvalue weighted by molar-refractivity contribution is -0.145. The van der Waals surface area contributed by atoms with Crippen molar-refractivity contribution in [2.45, 2.75) is 6.92 Å². The Morgan fingerprint density at radius 3 is 2.43 bits per heavy atom. The van der Waals surface area contributed by atoms with Crippen molar-refractivity contribution in [3.05, 3.63) is 83.6 Å². The number of ether oxygens (including phenoxy) is 2. The van der Waals surface area contributed by atoms with Crippen LogP contribution in [0.5, 0.6) is 5.75 Å². The fourth-order valence-corrected chi connectivity index (χ4v) is 3.55. The monoisotopic (exact) mass is 493 g/mol. The van der Waals surface area contributed by atoms with Crippen LogP contribution < -0.4 is 15.4 Å². The molecule has 0 atom stereocenters. The summed E-state index contributed by atoms with van der Waals surface area (Å²) in [4.78, 5) is 29.0. The van der Waals surface area contributed by atoms with Gasteiger partial charge in [0.05, 0.1) is 17.8 Å². The number of nitrogens with zero attached hydrogens (tertiary/aromatic N) is 1. The summed E-state index contributed by atoms with van der Waals surface area (Å²) in [6.07, 6.45) is 0. The molecule has 178 valence electrons. The maximum Gasteiger partial charge on any atom is 0.344 e. The van der Waals surface area contributed by atoms with Crippen LogP contribution in [-0.2, 0) is 9.53 Å². The van der Waals surface area contributed by atoms with Crippen molar-refractivity contribution in [3.63, 3.8) is 0 Å². The molecule has 0 spiro atoms. The predicted molar refractivity (Wildman–Crippen MR) is 133 cm³/mol. The molecule has 0 radical (unpaired) electrons. The molecule has 4 aromatic rings. The Morgan fingerprint density at radius 1 is 0.971 bits per heavy atom. The maximum absolute atomic E-state index is 13.4. The van der Waals surface area contributed by atoms with Crippen LogP contribution in [0.1, 0.15) is 6.92 Å². The second-order valence-electron chi connectivity index (χ2n) is 7.43. The van der Waals surface area contributed by atoms with Gasteiger partial charge in [0.15, 0.2) is 6.61 Å². The molecule has 0 fully saturated rings. The molecule has 0 aliphatic heterocycles. The molecule has 7 nitrogen and oxygen atoms in total. The number of aromatic nitrogens is 1. The molecule has 4 rings (SSSR count). The predicted octanol–water partition coefficient (Wildman–Crippen LogP) is 6.28. The normalized spacial score (nSPS) is 10.6. The smallest absolute Gasteiger partial charge is 0.344 e. The van der Waals surface area contributed by atoms with Gasteiger partial charge in [0.2, 0.25) is 0 Å². The lowest BCUT2D eigenvalue weighted by Gasteiger charge is -2.13. The number of fused-ring (bicyclic) bond motifs is 1. The van der Waals surface area contributed by atoms with Gasteiger partial charge in [-0.2, -0.15) is 0 Å². The van der Waals surface area contributed by atoms with Crippen LogP contribution >= 0.6 is 11.6 Å². The van der Waals surface area contributed by atoms with Gasteiger partial charge in [0.1, 0.15) is 11.6 Å². The number of benzene rings is 3. The summed E-state index contributed by atoms with van der Waals surface area (Å²) in [6.45, 7) is 1.64. The van der Waals surface area contributed by atoms with E-state index in [0.29, 0.717) is 44.3 Å². The number of rotatable bonds is 7. The average molecular weight is 494 g/mol. The van der Waals surface area contributed by atoms with E-state index in [1.165, 1.54) is 12.1 Å². The van der Waals surface area contributed by atoms with E-state index in [-0.39, 0.29) is 19.0 Å². The van der Waals surface area contributed by atoms with E-state index >= 15 is 0 Å². The number of amides is 2. The molecule has 3 aromatic carbocycles. The molecule has 0 aliphatic carbocycles. The first-order valence-electron chi connectivity index (χ1n) is 10.7.